The lowest BCUT2D eigenvalue weighted by Gasteiger charge is -2.09. The third-order valence-corrected chi connectivity index (χ3v) is 4.55. The molecule has 4 amide bonds. The minimum atomic E-state index is -0.189. The van der Waals surface area contributed by atoms with Gasteiger partial charge >= 0.3 is 0 Å². The molecule has 0 aromatic heterocycles. The number of carbonyl (C=O) groups excluding carboxylic acids is 4. The van der Waals surface area contributed by atoms with E-state index in [2.05, 4.69) is 21.3 Å². The largest absolute Gasteiger partial charge is 0.352 e. The fourth-order valence-electron chi connectivity index (χ4n) is 3.02. The molecule has 0 spiro atoms. The second kappa shape index (κ2) is 12.9. The molecule has 0 heterocycles. The van der Waals surface area contributed by atoms with Gasteiger partial charge in [0.2, 0.25) is 11.8 Å². The maximum atomic E-state index is 12.2. The Morgan fingerprint density at radius 2 is 1.06 bits per heavy atom. The number of carbonyl (C=O) groups is 4. The van der Waals surface area contributed by atoms with E-state index in [0.29, 0.717) is 48.4 Å². The van der Waals surface area contributed by atoms with Gasteiger partial charge in [-0.3, -0.25) is 19.2 Å². The van der Waals surface area contributed by atoms with Crippen LogP contribution in [0.15, 0.2) is 48.5 Å². The summed E-state index contributed by atoms with van der Waals surface area (Å²) in [4.78, 5) is 48.1. The van der Waals surface area contributed by atoms with E-state index in [1.165, 1.54) is 0 Å². The number of unbranched alkanes of at least 4 members (excludes halogenated alkanes) is 1. The van der Waals surface area contributed by atoms with Gasteiger partial charge in [0.1, 0.15) is 0 Å². The van der Waals surface area contributed by atoms with Gasteiger partial charge in [-0.2, -0.15) is 0 Å². The summed E-state index contributed by atoms with van der Waals surface area (Å²) in [5, 5.41) is 11.0. The van der Waals surface area contributed by atoms with Crippen molar-refractivity contribution < 1.29 is 19.2 Å². The summed E-state index contributed by atoms with van der Waals surface area (Å²) in [6.07, 6.45) is 1.64. The van der Waals surface area contributed by atoms with Gasteiger partial charge in [-0.25, -0.2) is 0 Å². The number of rotatable bonds is 11. The van der Waals surface area contributed by atoms with Crippen LogP contribution in [0.3, 0.4) is 0 Å². The molecule has 2 rings (SSSR count). The SMILES string of the molecule is CCNC(=O)c1cccc(NC(=O)CCCCC(=O)Nc2cccc(C(=O)NCC)c2)c1. The molecule has 0 radical (unpaired) electrons. The van der Waals surface area contributed by atoms with Crippen LogP contribution >= 0.6 is 0 Å². The first-order valence-corrected chi connectivity index (χ1v) is 10.8. The third-order valence-electron chi connectivity index (χ3n) is 4.55. The lowest BCUT2D eigenvalue weighted by Crippen LogP contribution is -2.22. The monoisotopic (exact) mass is 438 g/mol. The third kappa shape index (κ3) is 8.22. The Balaban J connectivity index is 1.73. The molecule has 0 saturated carbocycles. The standard InChI is InChI=1S/C24H30N4O4/c1-3-25-23(31)17-9-7-11-19(15-17)27-21(29)13-5-6-14-22(30)28-20-12-8-10-18(16-20)24(32)26-4-2/h7-12,15-16H,3-6,13-14H2,1-2H3,(H,25,31)(H,26,32)(H,27,29)(H,28,30). The Bertz CT molecular complexity index is 881. The average molecular weight is 439 g/mol. The lowest BCUT2D eigenvalue weighted by atomic mass is 10.1. The molecule has 0 aliphatic heterocycles. The Morgan fingerprint density at radius 1 is 0.656 bits per heavy atom. The summed E-state index contributed by atoms with van der Waals surface area (Å²) in [5.41, 5.74) is 2.09. The Kier molecular flexibility index (Phi) is 9.90. The average Bonchev–Trinajstić information content (AvgIpc) is 2.77. The van der Waals surface area contributed by atoms with Gasteiger partial charge in [0.25, 0.3) is 11.8 Å². The van der Waals surface area contributed by atoms with E-state index in [1.807, 2.05) is 13.8 Å². The van der Waals surface area contributed by atoms with Crippen LogP contribution in [0.25, 0.3) is 0 Å². The maximum absolute atomic E-state index is 12.2. The number of amides is 4. The highest BCUT2D eigenvalue weighted by atomic mass is 16.2. The summed E-state index contributed by atoms with van der Waals surface area (Å²) in [5.74, 6) is -0.724. The summed E-state index contributed by atoms with van der Waals surface area (Å²) < 4.78 is 0. The molecular weight excluding hydrogens is 408 g/mol. The molecule has 0 fully saturated rings. The second-order valence-corrected chi connectivity index (χ2v) is 7.18. The van der Waals surface area contributed by atoms with Crippen molar-refractivity contribution in [3.05, 3.63) is 59.7 Å². The zero-order chi connectivity index (χ0) is 23.3. The summed E-state index contributed by atoms with van der Waals surface area (Å²) in [6.45, 7) is 4.74. The first-order valence-electron chi connectivity index (χ1n) is 10.8. The highest BCUT2D eigenvalue weighted by Gasteiger charge is 2.09. The van der Waals surface area contributed by atoms with Crippen molar-refractivity contribution >= 4 is 35.0 Å². The molecule has 0 unspecified atom stereocenters. The number of nitrogens with one attached hydrogen (secondary N) is 4. The Morgan fingerprint density at radius 3 is 1.44 bits per heavy atom. The molecule has 8 nitrogen and oxygen atoms in total. The predicted octanol–water partition coefficient (Wildman–Crippen LogP) is 3.32. The van der Waals surface area contributed by atoms with E-state index in [0.717, 1.165) is 0 Å². The Labute approximate surface area is 188 Å². The summed E-state index contributed by atoms with van der Waals surface area (Å²) in [7, 11) is 0. The van der Waals surface area contributed by atoms with Crippen LogP contribution in [-0.4, -0.2) is 36.7 Å². The number of benzene rings is 2. The summed E-state index contributed by atoms with van der Waals surface area (Å²) >= 11 is 0. The zero-order valence-electron chi connectivity index (χ0n) is 18.5. The number of hydrogen-bond donors (Lipinski definition) is 4. The summed E-state index contributed by atoms with van der Waals surface area (Å²) in [6, 6.07) is 13.5. The van der Waals surface area contributed by atoms with Crippen LogP contribution in [0.4, 0.5) is 11.4 Å². The van der Waals surface area contributed by atoms with Crippen molar-refractivity contribution in [1.29, 1.82) is 0 Å². The van der Waals surface area contributed by atoms with Gasteiger partial charge in [0.05, 0.1) is 0 Å². The van der Waals surface area contributed by atoms with Crippen LogP contribution in [0, 0.1) is 0 Å². The lowest BCUT2D eigenvalue weighted by molar-refractivity contribution is -0.118. The molecular formula is C24H30N4O4. The molecule has 0 saturated heterocycles. The van der Waals surface area contributed by atoms with Crippen LogP contribution in [0.2, 0.25) is 0 Å². The molecule has 0 aliphatic rings. The van der Waals surface area contributed by atoms with Crippen LogP contribution in [0.1, 0.15) is 60.2 Å². The second-order valence-electron chi connectivity index (χ2n) is 7.18. The topological polar surface area (TPSA) is 116 Å². The highest BCUT2D eigenvalue weighted by molar-refractivity contribution is 5.98. The first kappa shape index (κ1) is 24.6. The molecule has 2 aromatic carbocycles. The van der Waals surface area contributed by atoms with E-state index in [4.69, 9.17) is 0 Å². The molecule has 8 heteroatoms. The number of hydrogen-bond acceptors (Lipinski definition) is 4. The highest BCUT2D eigenvalue weighted by Crippen LogP contribution is 2.14. The maximum Gasteiger partial charge on any atom is 0.251 e. The van der Waals surface area contributed by atoms with E-state index in [1.54, 1.807) is 48.5 Å². The van der Waals surface area contributed by atoms with Gasteiger partial charge in [0, 0.05) is 48.4 Å². The van der Waals surface area contributed by atoms with Crippen molar-refractivity contribution in [3.63, 3.8) is 0 Å². The van der Waals surface area contributed by atoms with Crippen molar-refractivity contribution in [3.8, 4) is 0 Å². The molecule has 2 aromatic rings. The molecule has 0 atom stereocenters. The minimum Gasteiger partial charge on any atom is -0.352 e. The molecule has 4 N–H and O–H groups in total. The van der Waals surface area contributed by atoms with Crippen molar-refractivity contribution in [2.45, 2.75) is 39.5 Å². The molecule has 0 aliphatic carbocycles. The van der Waals surface area contributed by atoms with Crippen molar-refractivity contribution in [2.24, 2.45) is 0 Å². The van der Waals surface area contributed by atoms with Crippen LogP contribution < -0.4 is 21.3 Å². The fraction of sp³-hybridized carbons (Fsp3) is 0.333. The molecule has 32 heavy (non-hydrogen) atoms. The smallest absolute Gasteiger partial charge is 0.251 e. The fourth-order valence-corrected chi connectivity index (χ4v) is 3.02. The van der Waals surface area contributed by atoms with E-state index >= 15 is 0 Å². The zero-order valence-corrected chi connectivity index (χ0v) is 18.5. The van der Waals surface area contributed by atoms with Crippen LogP contribution in [0.5, 0.6) is 0 Å². The van der Waals surface area contributed by atoms with E-state index < -0.39 is 0 Å². The van der Waals surface area contributed by atoms with Gasteiger partial charge in [-0.15, -0.1) is 0 Å². The van der Waals surface area contributed by atoms with Gasteiger partial charge in [-0.05, 0) is 63.1 Å². The molecule has 170 valence electrons. The van der Waals surface area contributed by atoms with E-state index in [-0.39, 0.29) is 36.5 Å². The van der Waals surface area contributed by atoms with Crippen LogP contribution in [-0.2, 0) is 9.59 Å². The normalized spacial score (nSPS) is 10.2. The Hall–Kier alpha value is -3.68. The van der Waals surface area contributed by atoms with Crippen molar-refractivity contribution in [1.82, 2.24) is 10.6 Å². The quantitative estimate of drug-likeness (QED) is 0.403. The van der Waals surface area contributed by atoms with Crippen molar-refractivity contribution in [2.75, 3.05) is 23.7 Å². The number of anilines is 2. The van der Waals surface area contributed by atoms with Gasteiger partial charge < -0.3 is 21.3 Å². The van der Waals surface area contributed by atoms with Gasteiger partial charge in [0.15, 0.2) is 0 Å². The van der Waals surface area contributed by atoms with Gasteiger partial charge in [-0.1, -0.05) is 12.1 Å². The minimum absolute atomic E-state index is 0.173. The predicted molar refractivity (Wildman–Crippen MR) is 125 cm³/mol. The first-order chi connectivity index (χ1) is 15.4. The van der Waals surface area contributed by atoms with E-state index in [9.17, 15) is 19.2 Å². The molecule has 0 bridgehead atoms.